The van der Waals surface area contributed by atoms with E-state index in [1.165, 1.54) is 33.3 Å². The van der Waals surface area contributed by atoms with Crippen molar-refractivity contribution in [2.75, 3.05) is 0 Å². The number of pyridine rings is 2. The highest BCUT2D eigenvalue weighted by Gasteiger charge is 2.06. The Morgan fingerprint density at radius 2 is 1.06 bits per heavy atom. The lowest BCUT2D eigenvalue weighted by Crippen LogP contribution is -2.30. The Morgan fingerprint density at radius 3 is 1.52 bits per heavy atom. The molecule has 0 atom stereocenters. The summed E-state index contributed by atoms with van der Waals surface area (Å²) in [6, 6.07) is 25.6. The molecule has 0 aliphatic carbocycles. The summed E-state index contributed by atoms with van der Waals surface area (Å²) in [5.41, 5.74) is 7.04. The topological polar surface area (TPSA) is 23.5 Å². The van der Waals surface area contributed by atoms with Crippen molar-refractivity contribution in [2.45, 2.75) is 0 Å². The second kappa shape index (κ2) is 8.04. The van der Waals surface area contributed by atoms with E-state index in [2.05, 4.69) is 126 Å². The average molecular weight is 404 g/mol. The van der Waals surface area contributed by atoms with Gasteiger partial charge in [-0.3, -0.25) is 0 Å². The molecule has 3 nitrogen and oxygen atoms in total. The van der Waals surface area contributed by atoms with E-state index in [1.807, 2.05) is 12.1 Å². The Balaban J connectivity index is 1.51. The van der Waals surface area contributed by atoms with Crippen LogP contribution in [0.3, 0.4) is 0 Å². The quantitative estimate of drug-likeness (QED) is 0.393. The number of benzene rings is 2. The van der Waals surface area contributed by atoms with Crippen molar-refractivity contribution in [1.82, 2.24) is 4.98 Å². The van der Waals surface area contributed by atoms with Gasteiger partial charge in [-0.1, -0.05) is 12.1 Å². The van der Waals surface area contributed by atoms with Crippen LogP contribution >= 0.6 is 0 Å². The number of H-pyrrole nitrogens is 1. The molecule has 0 unspecified atom stereocenters. The molecule has 2 aromatic carbocycles. The predicted molar refractivity (Wildman–Crippen MR) is 129 cm³/mol. The normalized spacial score (nSPS) is 11.9. The highest BCUT2D eigenvalue weighted by atomic mass is 14.9. The summed E-state index contributed by atoms with van der Waals surface area (Å²) in [4.78, 5) is 3.54. The summed E-state index contributed by atoms with van der Waals surface area (Å²) in [6.07, 6.45) is 12.8. The second-order valence-corrected chi connectivity index (χ2v) is 7.87. The molecule has 0 saturated heterocycles. The van der Waals surface area contributed by atoms with Crippen molar-refractivity contribution in [3.05, 3.63) is 108 Å². The maximum atomic E-state index is 3.54. The highest BCUT2D eigenvalue weighted by Crippen LogP contribution is 2.28. The number of hydrogen-bond acceptors (Lipinski definition) is 0. The number of aryl methyl sites for hydroxylation is 2. The molecular formula is C28H25N3+2. The van der Waals surface area contributed by atoms with Crippen LogP contribution in [0.5, 0.6) is 0 Å². The van der Waals surface area contributed by atoms with Gasteiger partial charge in [0.2, 0.25) is 11.4 Å². The summed E-state index contributed by atoms with van der Waals surface area (Å²) in [7, 11) is 4.13. The summed E-state index contributed by atoms with van der Waals surface area (Å²) >= 11 is 0. The highest BCUT2D eigenvalue weighted by molar-refractivity contribution is 6.08. The van der Waals surface area contributed by atoms with Crippen molar-refractivity contribution in [3.63, 3.8) is 0 Å². The number of aromatic amines is 1. The molecule has 1 N–H and O–H groups in total. The smallest absolute Gasteiger partial charge is 0.204 e. The van der Waals surface area contributed by atoms with Gasteiger partial charge in [0.1, 0.15) is 14.1 Å². The molecule has 0 saturated carbocycles. The molecule has 0 aliphatic heterocycles. The Labute approximate surface area is 182 Å². The number of nitrogens with one attached hydrogen (secondary N) is 1. The maximum absolute atomic E-state index is 3.54. The van der Waals surface area contributed by atoms with Crippen molar-refractivity contribution in [2.24, 2.45) is 14.1 Å². The zero-order chi connectivity index (χ0) is 21.2. The number of nitrogens with zero attached hydrogens (tertiary/aromatic N) is 2. The van der Waals surface area contributed by atoms with Crippen molar-refractivity contribution < 1.29 is 9.13 Å². The van der Waals surface area contributed by atoms with Gasteiger partial charge in [0.05, 0.1) is 0 Å². The third-order valence-corrected chi connectivity index (χ3v) is 5.73. The molecule has 0 fully saturated rings. The first kappa shape index (κ1) is 19.0. The number of hydrogen-bond donors (Lipinski definition) is 1. The molecule has 3 heterocycles. The maximum Gasteiger partial charge on any atom is 0.204 e. The van der Waals surface area contributed by atoms with Gasteiger partial charge in [0.25, 0.3) is 0 Å². The van der Waals surface area contributed by atoms with E-state index in [1.54, 1.807) is 0 Å². The first-order valence-electron chi connectivity index (χ1n) is 10.5. The molecule has 0 bridgehead atoms. The van der Waals surface area contributed by atoms with E-state index < -0.39 is 0 Å². The molecule has 31 heavy (non-hydrogen) atoms. The van der Waals surface area contributed by atoms with Crippen LogP contribution in [-0.4, -0.2) is 4.98 Å². The van der Waals surface area contributed by atoms with Gasteiger partial charge in [-0.05, 0) is 59.7 Å². The molecule has 3 heteroatoms. The minimum atomic E-state index is 1.16. The third kappa shape index (κ3) is 3.90. The van der Waals surface area contributed by atoms with Crippen molar-refractivity contribution >= 4 is 46.1 Å². The second-order valence-electron chi connectivity index (χ2n) is 7.87. The van der Waals surface area contributed by atoms with Crippen LogP contribution in [0.4, 0.5) is 0 Å². The average Bonchev–Trinajstić information content (AvgIpc) is 3.15. The molecular weight excluding hydrogens is 378 g/mol. The van der Waals surface area contributed by atoms with Crippen LogP contribution in [0, 0.1) is 0 Å². The van der Waals surface area contributed by atoms with Crippen LogP contribution in [0.25, 0.3) is 46.1 Å². The van der Waals surface area contributed by atoms with Crippen molar-refractivity contribution in [1.29, 1.82) is 0 Å². The Morgan fingerprint density at radius 1 is 0.581 bits per heavy atom. The largest absolute Gasteiger partial charge is 0.355 e. The molecule has 150 valence electrons. The monoisotopic (exact) mass is 403 g/mol. The number of fused-ring (bicyclic) bond motifs is 3. The zero-order valence-corrected chi connectivity index (χ0v) is 17.8. The van der Waals surface area contributed by atoms with E-state index in [4.69, 9.17) is 0 Å². The van der Waals surface area contributed by atoms with E-state index in [-0.39, 0.29) is 0 Å². The van der Waals surface area contributed by atoms with E-state index in [0.29, 0.717) is 0 Å². The Kier molecular flexibility index (Phi) is 4.93. The Bertz CT molecular complexity index is 1340. The van der Waals surface area contributed by atoms with Gasteiger partial charge < -0.3 is 4.98 Å². The van der Waals surface area contributed by atoms with Gasteiger partial charge in [-0.25, -0.2) is 9.13 Å². The van der Waals surface area contributed by atoms with Gasteiger partial charge >= 0.3 is 0 Å². The van der Waals surface area contributed by atoms with Gasteiger partial charge in [-0.2, -0.15) is 0 Å². The molecule has 5 rings (SSSR count). The van der Waals surface area contributed by atoms with Gasteiger partial charge in [0.15, 0.2) is 12.4 Å². The third-order valence-electron chi connectivity index (χ3n) is 5.73. The molecule has 0 radical (unpaired) electrons. The van der Waals surface area contributed by atoms with Gasteiger partial charge in [-0.15, -0.1) is 0 Å². The number of rotatable bonds is 4. The molecule has 0 aliphatic rings. The molecule has 0 spiro atoms. The summed E-state index contributed by atoms with van der Waals surface area (Å²) in [5.74, 6) is 0. The SMILES string of the molecule is C[n+]1ccccc1C=Cc1ccc2[nH]c3ccc(C=Cc4cccc[n+]4C)cc3c2c1. The first-order chi connectivity index (χ1) is 15.2. The lowest BCUT2D eigenvalue weighted by Gasteiger charge is -1.98. The Hall–Kier alpha value is -3.98. The van der Waals surface area contributed by atoms with E-state index >= 15 is 0 Å². The molecule has 5 aromatic rings. The van der Waals surface area contributed by atoms with E-state index in [0.717, 1.165) is 11.0 Å². The number of aromatic nitrogens is 3. The fourth-order valence-corrected chi connectivity index (χ4v) is 3.92. The van der Waals surface area contributed by atoms with Gasteiger partial charge in [0, 0.05) is 58.2 Å². The van der Waals surface area contributed by atoms with Crippen LogP contribution in [0.15, 0.2) is 85.2 Å². The van der Waals surface area contributed by atoms with Crippen LogP contribution in [0.1, 0.15) is 22.5 Å². The first-order valence-corrected chi connectivity index (χ1v) is 10.5. The van der Waals surface area contributed by atoms with Crippen molar-refractivity contribution in [3.8, 4) is 0 Å². The minimum Gasteiger partial charge on any atom is -0.355 e. The fraction of sp³-hybridized carbons (Fsp3) is 0.0714. The zero-order valence-electron chi connectivity index (χ0n) is 17.8. The standard InChI is InChI=1S/C28H24N3/c1-30-17-5-3-7-23(30)13-9-21-11-15-27-25(19-21)26-20-22(12-16-28(26)29-27)10-14-24-8-4-6-18-31(24)2/h3-20H,1-2H3/q+1/p+1. The van der Waals surface area contributed by atoms with Crippen LogP contribution in [-0.2, 0) is 14.1 Å². The lowest BCUT2D eigenvalue weighted by atomic mass is 10.1. The summed E-state index contributed by atoms with van der Waals surface area (Å²) < 4.78 is 4.23. The molecule has 3 aromatic heterocycles. The lowest BCUT2D eigenvalue weighted by molar-refractivity contribution is -0.673. The minimum absolute atomic E-state index is 1.16. The van der Waals surface area contributed by atoms with E-state index in [9.17, 15) is 0 Å². The fourth-order valence-electron chi connectivity index (χ4n) is 3.92. The summed E-state index contributed by atoms with van der Waals surface area (Å²) in [6.45, 7) is 0. The summed E-state index contributed by atoms with van der Waals surface area (Å²) in [5, 5.41) is 2.49. The van der Waals surface area contributed by atoms with Crippen LogP contribution < -0.4 is 9.13 Å². The molecule has 0 amide bonds. The predicted octanol–water partition coefficient (Wildman–Crippen LogP) is 5.31. The van der Waals surface area contributed by atoms with Crippen LogP contribution in [0.2, 0.25) is 0 Å².